The number of aliphatic imine (C=N–C) groups is 1. The third-order valence-electron chi connectivity index (χ3n) is 0.933. The zero-order chi connectivity index (χ0) is 7.82. The Kier molecular flexibility index (Phi) is 5.92. The van der Waals surface area contributed by atoms with Crippen molar-refractivity contribution in [2.24, 2.45) is 4.99 Å². The summed E-state index contributed by atoms with van der Waals surface area (Å²) >= 11 is 0. The molecule has 0 aromatic heterocycles. The maximum atomic E-state index is 3.88. The average molecular weight is 143 g/mol. The molecule has 0 aliphatic carbocycles. The van der Waals surface area contributed by atoms with E-state index in [0.717, 1.165) is 19.0 Å². The Morgan fingerprint density at radius 2 is 1.70 bits per heavy atom. The second kappa shape index (κ2) is 6.39. The fraction of sp³-hybridized carbons (Fsp3) is 0.857. The summed E-state index contributed by atoms with van der Waals surface area (Å²) in [4.78, 5) is 3.88. The smallest absolute Gasteiger partial charge is 0.191 e. The molecule has 0 atom stereocenters. The van der Waals surface area contributed by atoms with E-state index >= 15 is 0 Å². The van der Waals surface area contributed by atoms with Gasteiger partial charge >= 0.3 is 0 Å². The minimum atomic E-state index is 0.917. The third-order valence-corrected chi connectivity index (χ3v) is 0.933. The van der Waals surface area contributed by atoms with Gasteiger partial charge in [0.15, 0.2) is 5.96 Å². The fourth-order valence-electron chi connectivity index (χ4n) is 0.582. The topological polar surface area (TPSA) is 36.4 Å². The van der Waals surface area contributed by atoms with Gasteiger partial charge in [0, 0.05) is 20.1 Å². The van der Waals surface area contributed by atoms with Crippen LogP contribution in [0.2, 0.25) is 0 Å². The summed E-state index contributed by atoms with van der Waals surface area (Å²) in [5.41, 5.74) is 0. The van der Waals surface area contributed by atoms with Crippen LogP contribution in [0.1, 0.15) is 20.3 Å². The van der Waals surface area contributed by atoms with E-state index in [1.165, 1.54) is 6.42 Å². The molecule has 0 aromatic rings. The molecule has 0 amide bonds. The first kappa shape index (κ1) is 9.27. The number of nitrogens with zero attached hydrogens (tertiary/aromatic N) is 1. The molecule has 3 nitrogen and oxygen atoms in total. The Morgan fingerprint density at radius 1 is 1.30 bits per heavy atom. The molecule has 0 saturated carbocycles. The molecule has 1 saturated heterocycles. The monoisotopic (exact) mass is 143 g/mol. The van der Waals surface area contributed by atoms with Crippen LogP contribution in [0.5, 0.6) is 0 Å². The number of hydrogen-bond donors (Lipinski definition) is 2. The van der Waals surface area contributed by atoms with Crippen molar-refractivity contribution < 1.29 is 0 Å². The minimum Gasteiger partial charge on any atom is -0.355 e. The van der Waals surface area contributed by atoms with E-state index in [-0.39, 0.29) is 0 Å². The van der Waals surface area contributed by atoms with E-state index in [9.17, 15) is 0 Å². The average Bonchev–Trinajstić information content (AvgIpc) is 2.39. The lowest BCUT2D eigenvalue weighted by Crippen LogP contribution is -2.23. The molecule has 0 bridgehead atoms. The second-order valence-electron chi connectivity index (χ2n) is 2.13. The van der Waals surface area contributed by atoms with Crippen molar-refractivity contribution in [3.63, 3.8) is 0 Å². The lowest BCUT2D eigenvalue weighted by atomic mass is 10.6. The van der Waals surface area contributed by atoms with E-state index < -0.39 is 0 Å². The highest BCUT2D eigenvalue weighted by molar-refractivity contribution is 5.81. The van der Waals surface area contributed by atoms with Gasteiger partial charge in [-0.1, -0.05) is 20.3 Å². The van der Waals surface area contributed by atoms with Gasteiger partial charge in [-0.2, -0.15) is 0 Å². The van der Waals surface area contributed by atoms with Gasteiger partial charge in [-0.05, 0) is 0 Å². The first-order valence-electron chi connectivity index (χ1n) is 3.79. The quantitative estimate of drug-likeness (QED) is 0.520. The van der Waals surface area contributed by atoms with Crippen LogP contribution >= 0.6 is 0 Å². The molecule has 10 heavy (non-hydrogen) atoms. The van der Waals surface area contributed by atoms with E-state index in [0.29, 0.717) is 0 Å². The van der Waals surface area contributed by atoms with Gasteiger partial charge in [-0.25, -0.2) is 0 Å². The maximum Gasteiger partial charge on any atom is 0.191 e. The Morgan fingerprint density at radius 3 is 1.90 bits per heavy atom. The van der Waals surface area contributed by atoms with Gasteiger partial charge in [0.25, 0.3) is 0 Å². The Labute approximate surface area is 62.9 Å². The van der Waals surface area contributed by atoms with Crippen LogP contribution in [0.3, 0.4) is 0 Å². The van der Waals surface area contributed by atoms with Gasteiger partial charge in [0.2, 0.25) is 0 Å². The highest BCUT2D eigenvalue weighted by Crippen LogP contribution is 1.72. The number of guanidine groups is 1. The minimum absolute atomic E-state index is 0.917. The predicted octanol–water partition coefficient (Wildman–Crippen LogP) is 0.581. The van der Waals surface area contributed by atoms with Crippen LogP contribution in [0.15, 0.2) is 4.99 Å². The summed E-state index contributed by atoms with van der Waals surface area (Å²) in [6.07, 6.45) is 1.25. The summed E-state index contributed by atoms with van der Waals surface area (Å²) in [5.74, 6) is 0.917. The van der Waals surface area contributed by atoms with Crippen molar-refractivity contribution in [2.45, 2.75) is 20.3 Å². The van der Waals surface area contributed by atoms with Crippen molar-refractivity contribution in [3.8, 4) is 0 Å². The van der Waals surface area contributed by atoms with Gasteiger partial charge in [-0.3, -0.25) is 4.99 Å². The number of rotatable bonds is 0. The zero-order valence-electron chi connectivity index (χ0n) is 7.07. The molecular formula is C7H17N3. The molecular weight excluding hydrogens is 126 g/mol. The first-order chi connectivity index (χ1) is 4.85. The van der Waals surface area contributed by atoms with Crippen LogP contribution in [0.4, 0.5) is 0 Å². The number of hydrogen-bond acceptors (Lipinski definition) is 1. The molecule has 0 radical (unpaired) electrons. The maximum absolute atomic E-state index is 3.88. The lowest BCUT2D eigenvalue weighted by Gasteiger charge is -1.90. The first-order valence-corrected chi connectivity index (χ1v) is 3.79. The van der Waals surface area contributed by atoms with Crippen LogP contribution < -0.4 is 10.6 Å². The predicted molar refractivity (Wildman–Crippen MR) is 45.3 cm³/mol. The largest absolute Gasteiger partial charge is 0.355 e. The molecule has 1 heterocycles. The zero-order valence-corrected chi connectivity index (χ0v) is 7.07. The van der Waals surface area contributed by atoms with Crippen LogP contribution in [0.25, 0.3) is 0 Å². The standard InChI is InChI=1S/C4H9N3.C3H8/c1-5-4-6-2-3-7-4;1-3-2/h2-3H2,1H3,(H2,5,6,7);3H2,1-2H3. The molecule has 3 heteroatoms. The van der Waals surface area contributed by atoms with E-state index in [2.05, 4.69) is 29.5 Å². The molecule has 2 N–H and O–H groups in total. The molecule has 60 valence electrons. The van der Waals surface area contributed by atoms with Gasteiger partial charge in [0.05, 0.1) is 0 Å². The van der Waals surface area contributed by atoms with Crippen LogP contribution in [-0.4, -0.2) is 26.1 Å². The highest BCUT2D eigenvalue weighted by atomic mass is 15.2. The normalized spacial score (nSPS) is 14.5. The Hall–Kier alpha value is -0.730. The molecule has 0 spiro atoms. The SMILES string of the molecule is CCC.CN=C1NCCN1. The summed E-state index contributed by atoms with van der Waals surface area (Å²) in [6.45, 7) is 6.26. The summed E-state index contributed by atoms with van der Waals surface area (Å²) in [7, 11) is 1.76. The van der Waals surface area contributed by atoms with Crippen LogP contribution in [-0.2, 0) is 0 Å². The Balaban J connectivity index is 0.000000236. The van der Waals surface area contributed by atoms with E-state index in [1.807, 2.05) is 0 Å². The van der Waals surface area contributed by atoms with Crippen molar-refractivity contribution in [1.29, 1.82) is 0 Å². The summed E-state index contributed by atoms with van der Waals surface area (Å²) in [5, 5.41) is 6.09. The molecule has 1 rings (SSSR count). The Bertz CT molecular complexity index is 91.0. The van der Waals surface area contributed by atoms with Gasteiger partial charge < -0.3 is 10.6 Å². The highest BCUT2D eigenvalue weighted by Gasteiger charge is 2.00. The fourth-order valence-corrected chi connectivity index (χ4v) is 0.582. The van der Waals surface area contributed by atoms with Crippen molar-refractivity contribution >= 4 is 5.96 Å². The van der Waals surface area contributed by atoms with E-state index in [4.69, 9.17) is 0 Å². The molecule has 1 fully saturated rings. The van der Waals surface area contributed by atoms with Crippen LogP contribution in [0, 0.1) is 0 Å². The van der Waals surface area contributed by atoms with Gasteiger partial charge in [-0.15, -0.1) is 0 Å². The van der Waals surface area contributed by atoms with Crippen molar-refractivity contribution in [1.82, 2.24) is 10.6 Å². The number of nitrogens with one attached hydrogen (secondary N) is 2. The third kappa shape index (κ3) is 4.18. The van der Waals surface area contributed by atoms with Crippen molar-refractivity contribution in [3.05, 3.63) is 0 Å². The summed E-state index contributed by atoms with van der Waals surface area (Å²) in [6, 6.07) is 0. The second-order valence-corrected chi connectivity index (χ2v) is 2.13. The van der Waals surface area contributed by atoms with E-state index in [1.54, 1.807) is 7.05 Å². The van der Waals surface area contributed by atoms with Gasteiger partial charge in [0.1, 0.15) is 0 Å². The molecule has 1 aliphatic heterocycles. The van der Waals surface area contributed by atoms with Crippen molar-refractivity contribution in [2.75, 3.05) is 20.1 Å². The lowest BCUT2D eigenvalue weighted by molar-refractivity contribution is 0.942. The molecule has 0 unspecified atom stereocenters. The summed E-state index contributed by atoms with van der Waals surface area (Å²) < 4.78 is 0. The molecule has 0 aromatic carbocycles. The molecule has 1 aliphatic rings.